The molecule has 0 atom stereocenters. The van der Waals surface area contributed by atoms with Gasteiger partial charge in [0.05, 0.1) is 20.8 Å². The number of ketones is 1. The van der Waals surface area contributed by atoms with E-state index < -0.39 is 31.9 Å². The fourth-order valence-corrected chi connectivity index (χ4v) is 5.04. The van der Waals surface area contributed by atoms with Gasteiger partial charge in [0, 0.05) is 34.9 Å². The van der Waals surface area contributed by atoms with Gasteiger partial charge in [-0.25, -0.2) is 0 Å². The Hall–Kier alpha value is -5.25. The third-order valence-corrected chi connectivity index (χ3v) is 6.77. The molecule has 38 heavy (non-hydrogen) atoms. The van der Waals surface area contributed by atoms with E-state index in [1.165, 1.54) is 33.5 Å². The SMILES string of the molecule is CCC1=CCc2ccc3ccccc3c21.O=C1c2ccc([N+](=O)[O-])cc2-c2cc([N+](=O)[O-])cc([N+](=O)[O-])c21. The van der Waals surface area contributed by atoms with Gasteiger partial charge in [-0.15, -0.1) is 0 Å². The zero-order valence-corrected chi connectivity index (χ0v) is 20.0. The molecule has 0 spiro atoms. The van der Waals surface area contributed by atoms with Crippen molar-refractivity contribution in [1.29, 1.82) is 0 Å². The van der Waals surface area contributed by atoms with Crippen LogP contribution >= 0.6 is 0 Å². The molecule has 0 aliphatic heterocycles. The molecule has 0 N–H and O–H groups in total. The van der Waals surface area contributed by atoms with Crippen molar-refractivity contribution in [1.82, 2.24) is 0 Å². The summed E-state index contributed by atoms with van der Waals surface area (Å²) in [6.45, 7) is 2.24. The summed E-state index contributed by atoms with van der Waals surface area (Å²) >= 11 is 0. The third-order valence-electron chi connectivity index (χ3n) is 6.77. The second-order valence-corrected chi connectivity index (χ2v) is 8.83. The van der Waals surface area contributed by atoms with Crippen molar-refractivity contribution < 1.29 is 19.6 Å². The average molecular weight is 509 g/mol. The van der Waals surface area contributed by atoms with Crippen LogP contribution in [0.3, 0.4) is 0 Å². The van der Waals surface area contributed by atoms with Crippen LogP contribution in [0.25, 0.3) is 27.5 Å². The van der Waals surface area contributed by atoms with Crippen LogP contribution in [0.5, 0.6) is 0 Å². The number of nitro groups is 3. The molecule has 0 saturated heterocycles. The van der Waals surface area contributed by atoms with Crippen molar-refractivity contribution in [2.45, 2.75) is 19.8 Å². The predicted octanol–water partition coefficient (Wildman–Crippen LogP) is 6.81. The van der Waals surface area contributed by atoms with Crippen molar-refractivity contribution >= 4 is 39.2 Å². The number of nitrogens with zero attached hydrogens (tertiary/aromatic N) is 3. The average Bonchev–Trinajstić information content (AvgIpc) is 3.47. The maximum Gasteiger partial charge on any atom is 0.288 e. The third kappa shape index (κ3) is 3.97. The van der Waals surface area contributed by atoms with Crippen molar-refractivity contribution in [3.8, 4) is 11.1 Å². The first-order valence-corrected chi connectivity index (χ1v) is 11.7. The van der Waals surface area contributed by atoms with Gasteiger partial charge < -0.3 is 0 Å². The van der Waals surface area contributed by atoms with Crippen LogP contribution in [-0.4, -0.2) is 20.6 Å². The summed E-state index contributed by atoms with van der Waals surface area (Å²) in [5.41, 5.74) is 2.69. The predicted molar refractivity (Wildman–Crippen MR) is 141 cm³/mol. The van der Waals surface area contributed by atoms with E-state index in [1.807, 2.05) is 0 Å². The Morgan fingerprint density at radius 3 is 2.13 bits per heavy atom. The van der Waals surface area contributed by atoms with Gasteiger partial charge in [0.1, 0.15) is 5.56 Å². The zero-order valence-electron chi connectivity index (χ0n) is 20.0. The zero-order chi connectivity index (χ0) is 27.1. The largest absolute Gasteiger partial charge is 0.288 e. The van der Waals surface area contributed by atoms with E-state index >= 15 is 0 Å². The van der Waals surface area contributed by atoms with E-state index in [9.17, 15) is 35.1 Å². The molecule has 2 aliphatic rings. The van der Waals surface area contributed by atoms with Crippen molar-refractivity contribution in [2.75, 3.05) is 0 Å². The molecule has 188 valence electrons. The minimum atomic E-state index is -0.885. The van der Waals surface area contributed by atoms with Gasteiger partial charge in [0.2, 0.25) is 5.78 Å². The molecular formula is C28H19N3O7. The highest BCUT2D eigenvalue weighted by Gasteiger charge is 2.37. The molecule has 10 heteroatoms. The lowest BCUT2D eigenvalue weighted by Crippen LogP contribution is -2.02. The second-order valence-electron chi connectivity index (χ2n) is 8.83. The standard InChI is InChI=1S/C15H14.C13H5N3O7/c1-2-11-7-9-13-10-8-12-5-3-4-6-14(12)15(11)13;17-13-8-2-1-6(14(18)19)3-9(8)10-4-7(15(20)21)5-11(12(10)13)16(22)23/h3-8,10H,2,9H2,1H3;1-5H. The Morgan fingerprint density at radius 1 is 0.737 bits per heavy atom. The molecule has 2 aliphatic carbocycles. The summed E-state index contributed by atoms with van der Waals surface area (Å²) in [4.78, 5) is 42.8. The summed E-state index contributed by atoms with van der Waals surface area (Å²) in [6, 6.07) is 18.3. The lowest BCUT2D eigenvalue weighted by Gasteiger charge is -2.08. The number of non-ortho nitro benzene ring substituents is 2. The molecule has 0 bridgehead atoms. The molecule has 4 aromatic carbocycles. The van der Waals surface area contributed by atoms with E-state index in [1.54, 1.807) is 0 Å². The summed E-state index contributed by atoms with van der Waals surface area (Å²) in [5.74, 6) is -0.688. The Balaban J connectivity index is 0.000000168. The first-order valence-electron chi connectivity index (χ1n) is 11.7. The number of fused-ring (bicyclic) bond motifs is 6. The Morgan fingerprint density at radius 2 is 1.45 bits per heavy atom. The van der Waals surface area contributed by atoms with Gasteiger partial charge in [0.15, 0.2) is 0 Å². The van der Waals surface area contributed by atoms with Crippen molar-refractivity contribution in [3.05, 3.63) is 125 Å². The van der Waals surface area contributed by atoms with Gasteiger partial charge in [-0.3, -0.25) is 35.1 Å². The molecule has 0 amide bonds. The molecule has 0 aromatic heterocycles. The fourth-order valence-electron chi connectivity index (χ4n) is 5.04. The first-order chi connectivity index (χ1) is 18.2. The van der Waals surface area contributed by atoms with E-state index in [-0.39, 0.29) is 27.9 Å². The Labute approximate surface area is 215 Å². The highest BCUT2D eigenvalue weighted by Crippen LogP contribution is 2.44. The number of allylic oxidation sites excluding steroid dienone is 2. The highest BCUT2D eigenvalue weighted by atomic mass is 16.6. The Bertz CT molecular complexity index is 1740. The van der Waals surface area contributed by atoms with E-state index in [0.29, 0.717) is 6.07 Å². The molecule has 0 heterocycles. The topological polar surface area (TPSA) is 146 Å². The minimum Gasteiger partial charge on any atom is -0.288 e. The second kappa shape index (κ2) is 9.32. The summed E-state index contributed by atoms with van der Waals surface area (Å²) in [7, 11) is 0. The highest BCUT2D eigenvalue weighted by molar-refractivity contribution is 6.24. The van der Waals surface area contributed by atoms with Gasteiger partial charge in [-0.05, 0) is 46.4 Å². The summed E-state index contributed by atoms with van der Waals surface area (Å²) in [5, 5.41) is 35.7. The van der Waals surface area contributed by atoms with Crippen LogP contribution in [0.4, 0.5) is 17.1 Å². The van der Waals surface area contributed by atoms with Gasteiger partial charge >= 0.3 is 0 Å². The van der Waals surface area contributed by atoms with Crippen LogP contribution in [0.1, 0.15) is 40.4 Å². The van der Waals surface area contributed by atoms with Gasteiger partial charge in [-0.2, -0.15) is 0 Å². The molecular weight excluding hydrogens is 490 g/mol. The summed E-state index contributed by atoms with van der Waals surface area (Å²) < 4.78 is 0. The summed E-state index contributed by atoms with van der Waals surface area (Å²) in [6.07, 6.45) is 4.63. The van der Waals surface area contributed by atoms with E-state index in [2.05, 4.69) is 49.4 Å². The fraction of sp³-hybridized carbons (Fsp3) is 0.107. The number of carbonyl (C=O) groups is 1. The van der Waals surface area contributed by atoms with Crippen molar-refractivity contribution in [2.24, 2.45) is 0 Å². The number of nitro benzene ring substituents is 3. The number of carbonyl (C=O) groups excluding carboxylic acids is 1. The molecule has 10 nitrogen and oxygen atoms in total. The number of hydrogen-bond acceptors (Lipinski definition) is 7. The molecule has 4 aromatic rings. The molecule has 0 saturated carbocycles. The van der Waals surface area contributed by atoms with Crippen LogP contribution in [0.15, 0.2) is 72.8 Å². The molecule has 0 unspecified atom stereocenters. The maximum absolute atomic E-state index is 12.3. The van der Waals surface area contributed by atoms with Crippen LogP contribution in [0, 0.1) is 30.3 Å². The molecule has 0 radical (unpaired) electrons. The maximum atomic E-state index is 12.3. The van der Waals surface area contributed by atoms with Crippen molar-refractivity contribution in [3.63, 3.8) is 0 Å². The normalized spacial score (nSPS) is 12.7. The van der Waals surface area contributed by atoms with E-state index in [0.717, 1.165) is 31.0 Å². The lowest BCUT2D eigenvalue weighted by atomic mass is 9.96. The lowest BCUT2D eigenvalue weighted by molar-refractivity contribution is -0.394. The number of hydrogen-bond donors (Lipinski definition) is 0. The quantitative estimate of drug-likeness (QED) is 0.191. The van der Waals surface area contributed by atoms with E-state index in [4.69, 9.17) is 0 Å². The van der Waals surface area contributed by atoms with Crippen LogP contribution in [0.2, 0.25) is 0 Å². The minimum absolute atomic E-state index is 0.0363. The van der Waals surface area contributed by atoms with Gasteiger partial charge in [0.25, 0.3) is 17.1 Å². The molecule has 6 rings (SSSR count). The first kappa shape index (κ1) is 24.4. The number of rotatable bonds is 4. The monoisotopic (exact) mass is 509 g/mol. The smallest absolute Gasteiger partial charge is 0.288 e. The Kier molecular flexibility index (Phi) is 6.00. The molecule has 0 fully saturated rings. The van der Waals surface area contributed by atoms with Crippen LogP contribution < -0.4 is 0 Å². The van der Waals surface area contributed by atoms with Gasteiger partial charge in [-0.1, -0.05) is 49.4 Å². The van der Waals surface area contributed by atoms with Crippen LogP contribution in [-0.2, 0) is 6.42 Å². The number of benzene rings is 4.